The van der Waals surface area contributed by atoms with Gasteiger partial charge in [-0.25, -0.2) is 10.4 Å². The second kappa shape index (κ2) is 9.94. The average Bonchev–Trinajstić information content (AvgIpc) is 2.86. The fourth-order valence-electron chi connectivity index (χ4n) is 3.05. The Balaban J connectivity index is 1.56. The van der Waals surface area contributed by atoms with Gasteiger partial charge in [0.25, 0.3) is 5.56 Å². The maximum atomic E-state index is 12.4. The van der Waals surface area contributed by atoms with Crippen molar-refractivity contribution < 1.29 is 9.47 Å². The molecule has 0 radical (unpaired) electrons. The van der Waals surface area contributed by atoms with Gasteiger partial charge in [0, 0.05) is 11.1 Å². The third-order valence-electron chi connectivity index (χ3n) is 4.66. The van der Waals surface area contributed by atoms with Crippen molar-refractivity contribution in [3.63, 3.8) is 0 Å². The van der Waals surface area contributed by atoms with Crippen molar-refractivity contribution in [2.24, 2.45) is 5.10 Å². The van der Waals surface area contributed by atoms with Crippen LogP contribution in [0.2, 0.25) is 0 Å². The number of hydrogen-bond donors (Lipinski definition) is 2. The van der Waals surface area contributed by atoms with Gasteiger partial charge in [0.2, 0.25) is 5.95 Å². The van der Waals surface area contributed by atoms with Gasteiger partial charge in [-0.3, -0.25) is 9.78 Å². The number of ether oxygens (including phenoxy) is 2. The molecule has 162 valence electrons. The van der Waals surface area contributed by atoms with Crippen LogP contribution in [0.1, 0.15) is 11.1 Å². The summed E-state index contributed by atoms with van der Waals surface area (Å²) in [7, 11) is 1.60. The minimum absolute atomic E-state index is 0.0611. The Hall–Kier alpha value is -4.90. The monoisotopic (exact) mass is 437 g/mol. The molecule has 0 aliphatic carbocycles. The number of nitrogens with one attached hydrogen (secondary N) is 2. The molecule has 0 aliphatic heterocycles. The number of nitriles is 1. The van der Waals surface area contributed by atoms with E-state index in [0.717, 1.165) is 5.75 Å². The Morgan fingerprint density at radius 1 is 1.00 bits per heavy atom. The maximum absolute atomic E-state index is 12.4. The third-order valence-corrected chi connectivity index (χ3v) is 4.66. The van der Waals surface area contributed by atoms with E-state index in [4.69, 9.17) is 9.47 Å². The van der Waals surface area contributed by atoms with Crippen LogP contribution in [0.5, 0.6) is 17.2 Å². The van der Waals surface area contributed by atoms with Crippen LogP contribution in [0.3, 0.4) is 0 Å². The van der Waals surface area contributed by atoms with Gasteiger partial charge in [-0.15, -0.1) is 0 Å². The number of methoxy groups -OCH3 is 1. The molecule has 1 heterocycles. The lowest BCUT2D eigenvalue weighted by Gasteiger charge is -2.09. The van der Waals surface area contributed by atoms with Crippen LogP contribution >= 0.6 is 0 Å². The number of hydrazone groups is 1. The molecule has 0 atom stereocenters. The summed E-state index contributed by atoms with van der Waals surface area (Å²) in [4.78, 5) is 19.3. The quantitative estimate of drug-likeness (QED) is 0.324. The van der Waals surface area contributed by atoms with Crippen LogP contribution in [0.15, 0.2) is 88.8 Å². The zero-order valence-electron chi connectivity index (χ0n) is 17.6. The van der Waals surface area contributed by atoms with Gasteiger partial charge < -0.3 is 9.47 Å². The Morgan fingerprint density at radius 3 is 2.42 bits per heavy atom. The zero-order valence-corrected chi connectivity index (χ0v) is 17.6. The molecule has 1 aromatic heterocycles. The highest BCUT2D eigenvalue weighted by Crippen LogP contribution is 2.26. The Kier molecular flexibility index (Phi) is 6.43. The lowest BCUT2D eigenvalue weighted by atomic mass is 10.1. The van der Waals surface area contributed by atoms with Crippen molar-refractivity contribution in [2.45, 2.75) is 0 Å². The van der Waals surface area contributed by atoms with Crippen molar-refractivity contribution in [3.8, 4) is 34.6 Å². The molecular formula is C25H19N5O3. The molecule has 0 saturated carbocycles. The van der Waals surface area contributed by atoms with E-state index in [2.05, 4.69) is 20.5 Å². The van der Waals surface area contributed by atoms with Crippen molar-refractivity contribution >= 4 is 12.2 Å². The Bertz CT molecular complexity index is 1370. The van der Waals surface area contributed by atoms with Gasteiger partial charge >= 0.3 is 0 Å². The molecule has 0 aliphatic rings. The zero-order chi connectivity index (χ0) is 23.0. The molecule has 4 aromatic rings. The Morgan fingerprint density at radius 2 is 1.70 bits per heavy atom. The minimum Gasteiger partial charge on any atom is -0.497 e. The summed E-state index contributed by atoms with van der Waals surface area (Å²) in [5.41, 5.74) is 3.76. The molecule has 8 nitrogen and oxygen atoms in total. The second-order valence-corrected chi connectivity index (χ2v) is 6.80. The van der Waals surface area contributed by atoms with Crippen LogP contribution in [-0.2, 0) is 0 Å². The number of aromatic nitrogens is 2. The highest BCUT2D eigenvalue weighted by Gasteiger charge is 2.13. The first kappa shape index (κ1) is 21.3. The number of anilines is 1. The lowest BCUT2D eigenvalue weighted by molar-refractivity contribution is 0.413. The van der Waals surface area contributed by atoms with E-state index >= 15 is 0 Å². The van der Waals surface area contributed by atoms with Crippen molar-refractivity contribution in [1.29, 1.82) is 5.26 Å². The van der Waals surface area contributed by atoms with Gasteiger partial charge in [0.15, 0.2) is 0 Å². The number of hydrogen-bond acceptors (Lipinski definition) is 7. The normalized spacial score (nSPS) is 10.5. The highest BCUT2D eigenvalue weighted by molar-refractivity contribution is 5.84. The largest absolute Gasteiger partial charge is 0.497 e. The van der Waals surface area contributed by atoms with Crippen molar-refractivity contribution in [1.82, 2.24) is 9.97 Å². The molecular weight excluding hydrogens is 418 g/mol. The summed E-state index contributed by atoms with van der Waals surface area (Å²) in [5.74, 6) is 2.09. The molecule has 0 unspecified atom stereocenters. The fraction of sp³-hybridized carbons (Fsp3) is 0.0400. The predicted octanol–water partition coefficient (Wildman–Crippen LogP) is 4.56. The SMILES string of the molecule is COc1ccc(Oc2ccccc2C=NNc2nc(-c3ccccc3)c(C#N)c(=O)[nH]2)cc1. The van der Waals surface area contributed by atoms with Crippen LogP contribution in [0, 0.1) is 11.3 Å². The van der Waals surface area contributed by atoms with E-state index in [0.29, 0.717) is 22.6 Å². The summed E-state index contributed by atoms with van der Waals surface area (Å²) < 4.78 is 11.1. The summed E-state index contributed by atoms with van der Waals surface area (Å²) in [6.45, 7) is 0. The first-order valence-corrected chi connectivity index (χ1v) is 9.98. The van der Waals surface area contributed by atoms with Gasteiger partial charge in [0.1, 0.15) is 28.9 Å². The standard InChI is InChI=1S/C25H19N5O3/c1-32-19-11-13-20(14-12-19)33-22-10-6-5-9-18(22)16-27-30-25-28-23(17-7-3-2-4-8-17)21(15-26)24(31)29-25/h2-14,16H,1H3,(H2,28,29,30,31). The third kappa shape index (κ3) is 5.06. The van der Waals surface area contributed by atoms with Crippen molar-refractivity contribution in [3.05, 3.63) is 100 Å². The lowest BCUT2D eigenvalue weighted by Crippen LogP contribution is -2.16. The average molecular weight is 437 g/mol. The first-order chi connectivity index (χ1) is 16.2. The molecule has 33 heavy (non-hydrogen) atoms. The topological polar surface area (TPSA) is 112 Å². The maximum Gasteiger partial charge on any atom is 0.270 e. The molecule has 0 bridgehead atoms. The van der Waals surface area contributed by atoms with Crippen LogP contribution in [-0.4, -0.2) is 23.3 Å². The van der Waals surface area contributed by atoms with Crippen LogP contribution in [0.4, 0.5) is 5.95 Å². The highest BCUT2D eigenvalue weighted by atomic mass is 16.5. The number of benzene rings is 3. The molecule has 2 N–H and O–H groups in total. The summed E-state index contributed by atoms with van der Waals surface area (Å²) in [5, 5.41) is 13.6. The summed E-state index contributed by atoms with van der Waals surface area (Å²) >= 11 is 0. The molecule has 3 aromatic carbocycles. The number of nitrogens with zero attached hydrogens (tertiary/aromatic N) is 3. The van der Waals surface area contributed by atoms with Gasteiger partial charge in [-0.1, -0.05) is 42.5 Å². The number of para-hydroxylation sites is 1. The van der Waals surface area contributed by atoms with Crippen LogP contribution < -0.4 is 20.5 Å². The van der Waals surface area contributed by atoms with Gasteiger partial charge in [-0.05, 0) is 36.4 Å². The summed E-state index contributed by atoms with van der Waals surface area (Å²) in [6, 6.07) is 25.5. The van der Waals surface area contributed by atoms with Gasteiger partial charge in [0.05, 0.1) is 19.0 Å². The molecule has 0 amide bonds. The number of rotatable bonds is 7. The second-order valence-electron chi connectivity index (χ2n) is 6.80. The smallest absolute Gasteiger partial charge is 0.270 e. The first-order valence-electron chi connectivity index (χ1n) is 9.98. The van der Waals surface area contributed by atoms with E-state index in [1.807, 2.05) is 72.8 Å². The molecule has 4 rings (SSSR count). The molecule has 0 saturated heterocycles. The summed E-state index contributed by atoms with van der Waals surface area (Å²) in [6.07, 6.45) is 1.55. The Labute approximate surface area is 189 Å². The van der Waals surface area contributed by atoms with E-state index < -0.39 is 5.56 Å². The molecule has 0 spiro atoms. The van der Waals surface area contributed by atoms with E-state index in [1.54, 1.807) is 25.5 Å². The molecule has 8 heteroatoms. The predicted molar refractivity (Wildman–Crippen MR) is 126 cm³/mol. The van der Waals surface area contributed by atoms with Gasteiger partial charge in [-0.2, -0.15) is 10.4 Å². The van der Waals surface area contributed by atoms with Crippen molar-refractivity contribution in [2.75, 3.05) is 12.5 Å². The van der Waals surface area contributed by atoms with E-state index in [-0.39, 0.29) is 17.2 Å². The number of H-pyrrole nitrogens is 1. The molecule has 0 fully saturated rings. The van der Waals surface area contributed by atoms with E-state index in [9.17, 15) is 10.1 Å². The van der Waals surface area contributed by atoms with Crippen LogP contribution in [0.25, 0.3) is 11.3 Å². The minimum atomic E-state index is -0.549. The van der Waals surface area contributed by atoms with E-state index in [1.165, 1.54) is 0 Å². The fourth-order valence-corrected chi connectivity index (χ4v) is 3.05. The number of aromatic amines is 1.